The van der Waals surface area contributed by atoms with Gasteiger partial charge in [-0.05, 0) is 44.4 Å². The molecule has 7 nitrogen and oxygen atoms in total. The van der Waals surface area contributed by atoms with E-state index >= 15 is 0 Å². The van der Waals surface area contributed by atoms with Gasteiger partial charge in [0.15, 0.2) is 11.5 Å². The molecule has 174 valence electrons. The topological polar surface area (TPSA) is 66.6 Å². The number of para-hydroxylation sites is 1. The first kappa shape index (κ1) is 21.1. The van der Waals surface area contributed by atoms with E-state index in [4.69, 9.17) is 4.98 Å². The molecule has 6 rings (SSSR count). The highest BCUT2D eigenvalue weighted by Gasteiger charge is 2.29. The summed E-state index contributed by atoms with van der Waals surface area (Å²) in [6.45, 7) is 5.24. The van der Waals surface area contributed by atoms with Crippen molar-refractivity contribution in [3.05, 3.63) is 54.1 Å². The molecule has 1 saturated carbocycles. The Hall–Kier alpha value is -3.48. The van der Waals surface area contributed by atoms with Crippen LogP contribution in [-0.2, 0) is 4.79 Å². The number of anilines is 1. The molecule has 34 heavy (non-hydrogen) atoms. The van der Waals surface area contributed by atoms with Crippen molar-refractivity contribution >= 4 is 28.4 Å². The van der Waals surface area contributed by atoms with Gasteiger partial charge < -0.3 is 9.80 Å². The number of aromatic nitrogens is 4. The minimum absolute atomic E-state index is 0.225. The van der Waals surface area contributed by atoms with Gasteiger partial charge in [0.25, 0.3) is 0 Å². The van der Waals surface area contributed by atoms with Gasteiger partial charge in [0.05, 0.1) is 5.52 Å². The second kappa shape index (κ2) is 8.70. The van der Waals surface area contributed by atoms with E-state index < -0.39 is 0 Å². The van der Waals surface area contributed by atoms with Crippen LogP contribution in [0, 0.1) is 12.8 Å². The second-order valence-electron chi connectivity index (χ2n) is 9.63. The summed E-state index contributed by atoms with van der Waals surface area (Å²) in [6, 6.07) is 16.5. The summed E-state index contributed by atoms with van der Waals surface area (Å²) in [4.78, 5) is 22.6. The Morgan fingerprint density at radius 2 is 1.76 bits per heavy atom. The van der Waals surface area contributed by atoms with Gasteiger partial charge in [0, 0.05) is 43.0 Å². The standard InChI is InChI=1S/C27H30N6O/c1-19-8-6-11-21(18-19)24-29-30-25-22-12-4-5-13-23(22)28-27(33(24)25)32-15-7-14-31(16-17-32)26(34)20-9-2-3-10-20/h4-6,8,11-13,18,20H,2-3,7,9-10,14-17H2,1H3. The first-order valence-electron chi connectivity index (χ1n) is 12.4. The molecule has 1 amide bonds. The number of fused-ring (bicyclic) bond motifs is 3. The third-order valence-corrected chi connectivity index (χ3v) is 7.30. The smallest absolute Gasteiger partial charge is 0.225 e. The lowest BCUT2D eigenvalue weighted by atomic mass is 10.1. The predicted molar refractivity (Wildman–Crippen MR) is 134 cm³/mol. The number of amides is 1. The van der Waals surface area contributed by atoms with Crippen molar-refractivity contribution in [3.63, 3.8) is 0 Å². The van der Waals surface area contributed by atoms with Crippen molar-refractivity contribution in [2.75, 3.05) is 31.1 Å². The van der Waals surface area contributed by atoms with Crippen LogP contribution in [0.4, 0.5) is 5.95 Å². The number of hydrogen-bond donors (Lipinski definition) is 0. The largest absolute Gasteiger partial charge is 0.341 e. The Morgan fingerprint density at radius 1 is 0.912 bits per heavy atom. The van der Waals surface area contributed by atoms with Crippen LogP contribution in [-0.4, -0.2) is 56.6 Å². The number of aryl methyl sites for hydroxylation is 1. The Balaban J connectivity index is 1.41. The Labute approximate surface area is 199 Å². The average molecular weight is 455 g/mol. The van der Waals surface area contributed by atoms with Crippen molar-refractivity contribution in [2.45, 2.75) is 39.0 Å². The average Bonchev–Trinajstić information content (AvgIpc) is 3.49. The summed E-state index contributed by atoms with van der Waals surface area (Å²) < 4.78 is 2.10. The van der Waals surface area contributed by atoms with Crippen LogP contribution in [0.25, 0.3) is 27.9 Å². The van der Waals surface area contributed by atoms with Gasteiger partial charge in [-0.15, -0.1) is 10.2 Å². The van der Waals surface area contributed by atoms with Gasteiger partial charge in [-0.1, -0.05) is 48.7 Å². The zero-order chi connectivity index (χ0) is 23.1. The Bertz CT molecular complexity index is 1360. The highest BCUT2D eigenvalue weighted by molar-refractivity contribution is 5.93. The summed E-state index contributed by atoms with van der Waals surface area (Å²) in [5, 5.41) is 10.2. The molecule has 2 aliphatic rings. The number of carbonyl (C=O) groups excluding carboxylic acids is 1. The van der Waals surface area contributed by atoms with E-state index in [1.165, 1.54) is 18.4 Å². The molecule has 0 bridgehead atoms. The minimum Gasteiger partial charge on any atom is -0.341 e. The van der Waals surface area contributed by atoms with E-state index in [2.05, 4.69) is 61.7 Å². The second-order valence-corrected chi connectivity index (χ2v) is 9.63. The monoisotopic (exact) mass is 454 g/mol. The molecule has 3 heterocycles. The van der Waals surface area contributed by atoms with Gasteiger partial charge in [0.1, 0.15) is 0 Å². The van der Waals surface area contributed by atoms with E-state index in [0.29, 0.717) is 5.91 Å². The first-order valence-corrected chi connectivity index (χ1v) is 12.4. The summed E-state index contributed by atoms with van der Waals surface area (Å²) in [5.41, 5.74) is 3.94. The number of carbonyl (C=O) groups is 1. The fraction of sp³-hybridized carbons (Fsp3) is 0.407. The van der Waals surface area contributed by atoms with Crippen molar-refractivity contribution in [3.8, 4) is 11.4 Å². The number of benzene rings is 2. The number of rotatable bonds is 3. The molecule has 1 aliphatic heterocycles. The zero-order valence-corrected chi connectivity index (χ0v) is 19.7. The van der Waals surface area contributed by atoms with E-state index in [1.807, 2.05) is 18.2 Å². The van der Waals surface area contributed by atoms with Crippen LogP contribution < -0.4 is 4.90 Å². The molecule has 1 saturated heterocycles. The highest BCUT2D eigenvalue weighted by Crippen LogP contribution is 2.30. The lowest BCUT2D eigenvalue weighted by Crippen LogP contribution is -2.38. The fourth-order valence-electron chi connectivity index (χ4n) is 5.52. The van der Waals surface area contributed by atoms with Crippen LogP contribution in [0.3, 0.4) is 0 Å². The molecule has 0 radical (unpaired) electrons. The van der Waals surface area contributed by atoms with Crippen LogP contribution in [0.2, 0.25) is 0 Å². The van der Waals surface area contributed by atoms with E-state index in [-0.39, 0.29) is 5.92 Å². The maximum atomic E-state index is 13.1. The number of hydrogen-bond acceptors (Lipinski definition) is 5. The van der Waals surface area contributed by atoms with Crippen LogP contribution in [0.15, 0.2) is 48.5 Å². The maximum absolute atomic E-state index is 13.1. The SMILES string of the molecule is Cc1cccc(-c2nnc3c4ccccc4nc(N4CCCN(C(=O)C5CCCC5)CC4)n23)c1. The van der Waals surface area contributed by atoms with Crippen LogP contribution in [0.5, 0.6) is 0 Å². The van der Waals surface area contributed by atoms with Gasteiger partial charge >= 0.3 is 0 Å². The predicted octanol–water partition coefficient (Wildman–Crippen LogP) is 4.48. The Kier molecular flexibility index (Phi) is 5.40. The third kappa shape index (κ3) is 3.69. The summed E-state index contributed by atoms with van der Waals surface area (Å²) >= 11 is 0. The van der Waals surface area contributed by atoms with Gasteiger partial charge in [0.2, 0.25) is 11.9 Å². The van der Waals surface area contributed by atoms with E-state index in [1.54, 1.807) is 0 Å². The van der Waals surface area contributed by atoms with E-state index in [9.17, 15) is 4.79 Å². The normalized spacial score (nSPS) is 17.6. The van der Waals surface area contributed by atoms with Crippen molar-refractivity contribution in [2.24, 2.45) is 5.92 Å². The summed E-state index contributed by atoms with van der Waals surface area (Å²) in [7, 11) is 0. The Morgan fingerprint density at radius 3 is 2.62 bits per heavy atom. The molecule has 4 aromatic rings. The molecule has 1 aliphatic carbocycles. The molecule has 2 aromatic heterocycles. The first-order chi connectivity index (χ1) is 16.7. The molecule has 2 fully saturated rings. The quantitative estimate of drug-likeness (QED) is 0.457. The lowest BCUT2D eigenvalue weighted by Gasteiger charge is -2.25. The van der Waals surface area contributed by atoms with Crippen LogP contribution >= 0.6 is 0 Å². The summed E-state index contributed by atoms with van der Waals surface area (Å²) in [5.74, 6) is 2.23. The minimum atomic E-state index is 0.225. The summed E-state index contributed by atoms with van der Waals surface area (Å²) in [6.07, 6.45) is 5.39. The molecular weight excluding hydrogens is 424 g/mol. The van der Waals surface area contributed by atoms with Crippen molar-refractivity contribution in [1.82, 2.24) is 24.5 Å². The molecule has 0 unspecified atom stereocenters. The van der Waals surface area contributed by atoms with Crippen molar-refractivity contribution < 1.29 is 4.79 Å². The van der Waals surface area contributed by atoms with Gasteiger partial charge in [-0.3, -0.25) is 4.79 Å². The fourth-order valence-corrected chi connectivity index (χ4v) is 5.52. The number of nitrogens with zero attached hydrogens (tertiary/aromatic N) is 6. The van der Waals surface area contributed by atoms with Gasteiger partial charge in [-0.2, -0.15) is 0 Å². The van der Waals surface area contributed by atoms with Crippen LogP contribution in [0.1, 0.15) is 37.7 Å². The molecule has 0 spiro atoms. The molecule has 2 aromatic carbocycles. The molecule has 0 atom stereocenters. The molecule has 7 heteroatoms. The molecular formula is C27H30N6O. The van der Waals surface area contributed by atoms with Gasteiger partial charge in [-0.25, -0.2) is 9.38 Å². The lowest BCUT2D eigenvalue weighted by molar-refractivity contribution is -0.135. The zero-order valence-electron chi connectivity index (χ0n) is 19.7. The third-order valence-electron chi connectivity index (χ3n) is 7.30. The van der Waals surface area contributed by atoms with Crippen molar-refractivity contribution in [1.29, 1.82) is 0 Å². The highest BCUT2D eigenvalue weighted by atomic mass is 16.2. The van der Waals surface area contributed by atoms with E-state index in [0.717, 1.165) is 79.3 Å². The maximum Gasteiger partial charge on any atom is 0.225 e. The molecule has 0 N–H and O–H groups in total.